The Hall–Kier alpha value is -0.400. The van der Waals surface area contributed by atoms with Crippen molar-refractivity contribution in [3.05, 3.63) is 0 Å². The van der Waals surface area contributed by atoms with E-state index in [1.165, 1.54) is 38.5 Å². The zero-order valence-corrected chi connectivity index (χ0v) is 16.4. The fourth-order valence-corrected chi connectivity index (χ4v) is 5.70. The molecule has 26 heavy (non-hydrogen) atoms. The lowest BCUT2D eigenvalue weighted by Crippen LogP contribution is -2.54. The van der Waals surface area contributed by atoms with Crippen LogP contribution >= 0.6 is 11.6 Å². The quantitative estimate of drug-likeness (QED) is 0.556. The highest BCUT2D eigenvalue weighted by Gasteiger charge is 2.35. The molecule has 4 rings (SSSR count). The van der Waals surface area contributed by atoms with Crippen molar-refractivity contribution < 1.29 is 4.79 Å². The molecule has 4 N–H and O–H groups in total. The van der Waals surface area contributed by atoms with E-state index in [-0.39, 0.29) is 18.0 Å². The molecule has 0 aromatic heterocycles. The average Bonchev–Trinajstić information content (AvgIpc) is 3.11. The summed E-state index contributed by atoms with van der Waals surface area (Å²) >= 11 is 6.34. The van der Waals surface area contributed by atoms with E-state index in [0.717, 1.165) is 50.9 Å². The maximum Gasteiger partial charge on any atom is 0.224 e. The summed E-state index contributed by atoms with van der Waals surface area (Å²) in [6.07, 6.45) is 10.9. The fraction of sp³-hybridized carbons (Fsp3) is 0.947. The van der Waals surface area contributed by atoms with Crippen molar-refractivity contribution in [3.8, 4) is 0 Å². The summed E-state index contributed by atoms with van der Waals surface area (Å²) in [5, 5.41) is 7.24. The number of carbonyl (C=O) groups excluding carboxylic acids is 1. The van der Waals surface area contributed by atoms with Crippen LogP contribution in [0, 0.1) is 17.8 Å². The number of carbonyl (C=O) groups is 1. The summed E-state index contributed by atoms with van der Waals surface area (Å²) in [5.41, 5.74) is 6.44. The molecular formula is C19H34ClN5O. The summed E-state index contributed by atoms with van der Waals surface area (Å²) in [4.78, 5) is 15.0. The molecule has 1 amide bonds. The maximum atomic E-state index is 12.7. The van der Waals surface area contributed by atoms with Crippen LogP contribution in [0.3, 0.4) is 0 Å². The predicted molar refractivity (Wildman–Crippen MR) is 103 cm³/mol. The Morgan fingerprint density at radius 2 is 2.04 bits per heavy atom. The van der Waals surface area contributed by atoms with Crippen LogP contribution in [0.4, 0.5) is 0 Å². The van der Waals surface area contributed by atoms with E-state index < -0.39 is 0 Å². The molecule has 0 radical (unpaired) electrons. The lowest BCUT2D eigenvalue weighted by molar-refractivity contribution is -0.128. The average molecular weight is 384 g/mol. The minimum Gasteiger partial charge on any atom is -0.341 e. The van der Waals surface area contributed by atoms with Crippen molar-refractivity contribution >= 4 is 17.5 Å². The van der Waals surface area contributed by atoms with E-state index in [1.807, 2.05) is 0 Å². The van der Waals surface area contributed by atoms with Gasteiger partial charge < -0.3 is 5.32 Å². The predicted octanol–water partition coefficient (Wildman–Crippen LogP) is 1.72. The molecule has 3 saturated heterocycles. The van der Waals surface area contributed by atoms with Gasteiger partial charge in [0, 0.05) is 17.8 Å². The highest BCUT2D eigenvalue weighted by molar-refractivity contribution is 6.20. The standard InChI is InChI=1S/C19H34ClN5O/c20-16-3-1-2-13(9-16)8-14-4-5-17(21-11-14)23-19(26)15-6-7-25-12-22-24-18(25)10-15/h13-18,21-22,24H,1-12H2,(H,23,26). The summed E-state index contributed by atoms with van der Waals surface area (Å²) in [5.74, 6) is 1.91. The van der Waals surface area contributed by atoms with E-state index in [0.29, 0.717) is 11.5 Å². The summed E-state index contributed by atoms with van der Waals surface area (Å²) < 4.78 is 0. The molecule has 6 atom stereocenters. The summed E-state index contributed by atoms with van der Waals surface area (Å²) in [6.45, 7) is 2.91. The van der Waals surface area contributed by atoms with Gasteiger partial charge in [0.1, 0.15) is 0 Å². The molecule has 7 heteroatoms. The van der Waals surface area contributed by atoms with Crippen LogP contribution in [-0.2, 0) is 4.79 Å². The maximum absolute atomic E-state index is 12.7. The van der Waals surface area contributed by atoms with Gasteiger partial charge in [0.05, 0.1) is 19.0 Å². The zero-order chi connectivity index (χ0) is 17.9. The van der Waals surface area contributed by atoms with Crippen molar-refractivity contribution in [1.29, 1.82) is 0 Å². The smallest absolute Gasteiger partial charge is 0.224 e. The highest BCUT2D eigenvalue weighted by atomic mass is 35.5. The number of hydrazine groups is 1. The van der Waals surface area contributed by atoms with Crippen molar-refractivity contribution in [2.24, 2.45) is 17.8 Å². The molecule has 0 bridgehead atoms. The van der Waals surface area contributed by atoms with Crippen LogP contribution in [0.25, 0.3) is 0 Å². The number of rotatable bonds is 4. The second kappa shape index (κ2) is 8.74. The van der Waals surface area contributed by atoms with Crippen LogP contribution < -0.4 is 21.5 Å². The number of fused-ring (bicyclic) bond motifs is 1. The third kappa shape index (κ3) is 4.71. The number of hydrogen-bond donors (Lipinski definition) is 4. The number of amides is 1. The third-order valence-electron chi connectivity index (χ3n) is 6.85. The molecular weight excluding hydrogens is 350 g/mol. The number of piperidine rings is 2. The van der Waals surface area contributed by atoms with Crippen LogP contribution in [0.1, 0.15) is 57.8 Å². The van der Waals surface area contributed by atoms with Crippen molar-refractivity contribution in [1.82, 2.24) is 26.4 Å². The van der Waals surface area contributed by atoms with Gasteiger partial charge in [-0.1, -0.05) is 12.8 Å². The topological polar surface area (TPSA) is 68.4 Å². The van der Waals surface area contributed by atoms with Gasteiger partial charge in [-0.2, -0.15) is 0 Å². The molecule has 6 nitrogen and oxygen atoms in total. The number of halogens is 1. The van der Waals surface area contributed by atoms with Gasteiger partial charge in [-0.15, -0.1) is 11.6 Å². The van der Waals surface area contributed by atoms with E-state index in [9.17, 15) is 4.79 Å². The van der Waals surface area contributed by atoms with Gasteiger partial charge in [-0.25, -0.2) is 10.9 Å². The molecule has 3 aliphatic heterocycles. The fourth-order valence-electron chi connectivity index (χ4n) is 5.30. The van der Waals surface area contributed by atoms with Gasteiger partial charge >= 0.3 is 0 Å². The number of hydrogen-bond acceptors (Lipinski definition) is 5. The normalized spacial score (nSPS) is 41.6. The van der Waals surface area contributed by atoms with Crippen molar-refractivity contribution in [3.63, 3.8) is 0 Å². The molecule has 6 unspecified atom stereocenters. The molecule has 0 spiro atoms. The SMILES string of the molecule is O=C(NC1CCC(CC2CCCC(Cl)C2)CN1)C1CCN2CNNC2C1. The van der Waals surface area contributed by atoms with Crippen LogP contribution in [0.2, 0.25) is 0 Å². The Morgan fingerprint density at radius 3 is 2.85 bits per heavy atom. The van der Waals surface area contributed by atoms with Gasteiger partial charge in [-0.05, 0) is 63.3 Å². The number of nitrogens with one attached hydrogen (secondary N) is 4. The summed E-state index contributed by atoms with van der Waals surface area (Å²) in [7, 11) is 0. The molecule has 4 fully saturated rings. The van der Waals surface area contributed by atoms with E-state index in [1.54, 1.807) is 0 Å². The lowest BCUT2D eigenvalue weighted by Gasteiger charge is -2.36. The first kappa shape index (κ1) is 18.9. The number of nitrogens with zero attached hydrogens (tertiary/aromatic N) is 1. The largest absolute Gasteiger partial charge is 0.341 e. The Bertz CT molecular complexity index is 485. The minimum atomic E-state index is 0.131. The second-order valence-corrected chi connectivity index (χ2v) is 9.42. The summed E-state index contributed by atoms with van der Waals surface area (Å²) in [6, 6.07) is 0. The van der Waals surface area contributed by atoms with Crippen LogP contribution in [0.5, 0.6) is 0 Å². The molecule has 1 aliphatic carbocycles. The van der Waals surface area contributed by atoms with Crippen molar-refractivity contribution in [2.45, 2.75) is 75.5 Å². The van der Waals surface area contributed by atoms with Gasteiger partial charge in [0.15, 0.2) is 0 Å². The molecule has 3 heterocycles. The lowest BCUT2D eigenvalue weighted by atomic mass is 9.80. The molecule has 4 aliphatic rings. The Kier molecular flexibility index (Phi) is 6.36. The monoisotopic (exact) mass is 383 g/mol. The first-order chi connectivity index (χ1) is 12.7. The van der Waals surface area contributed by atoms with E-state index >= 15 is 0 Å². The molecule has 0 aromatic rings. The first-order valence-electron chi connectivity index (χ1n) is 10.6. The zero-order valence-electron chi connectivity index (χ0n) is 15.7. The third-order valence-corrected chi connectivity index (χ3v) is 7.25. The Morgan fingerprint density at radius 1 is 1.12 bits per heavy atom. The number of alkyl halides is 1. The highest BCUT2D eigenvalue weighted by Crippen LogP contribution is 2.34. The minimum absolute atomic E-state index is 0.131. The molecule has 0 aromatic carbocycles. The Labute approximate surface area is 162 Å². The van der Waals surface area contributed by atoms with E-state index in [2.05, 4.69) is 26.4 Å². The first-order valence-corrected chi connectivity index (χ1v) is 11.0. The van der Waals surface area contributed by atoms with E-state index in [4.69, 9.17) is 11.6 Å². The van der Waals surface area contributed by atoms with Gasteiger partial charge in [-0.3, -0.25) is 15.0 Å². The Balaban J connectivity index is 1.17. The van der Waals surface area contributed by atoms with Gasteiger partial charge in [0.2, 0.25) is 5.91 Å². The molecule has 148 valence electrons. The molecule has 1 saturated carbocycles. The van der Waals surface area contributed by atoms with Crippen LogP contribution in [-0.4, -0.2) is 48.3 Å². The van der Waals surface area contributed by atoms with Gasteiger partial charge in [0.25, 0.3) is 0 Å². The van der Waals surface area contributed by atoms with Crippen molar-refractivity contribution in [2.75, 3.05) is 19.8 Å². The van der Waals surface area contributed by atoms with Crippen LogP contribution in [0.15, 0.2) is 0 Å². The second-order valence-electron chi connectivity index (χ2n) is 8.81.